The molecule has 0 heterocycles. The summed E-state index contributed by atoms with van der Waals surface area (Å²) in [4.78, 5) is 23.8. The van der Waals surface area contributed by atoms with Gasteiger partial charge in [0.25, 0.3) is 0 Å². The van der Waals surface area contributed by atoms with E-state index in [0.29, 0.717) is 5.69 Å². The zero-order valence-electron chi connectivity index (χ0n) is 14.2. The van der Waals surface area contributed by atoms with E-state index in [1.165, 1.54) is 0 Å². The lowest BCUT2D eigenvalue weighted by Crippen LogP contribution is -2.40. The minimum atomic E-state index is -0.525. The molecule has 0 fully saturated rings. The highest BCUT2D eigenvalue weighted by atomic mass is 16.2. The van der Waals surface area contributed by atoms with Crippen LogP contribution in [0.4, 0.5) is 10.5 Å². The molecule has 2 aromatic carbocycles. The van der Waals surface area contributed by atoms with Crippen molar-refractivity contribution in [2.75, 3.05) is 11.9 Å². The molecule has 24 heavy (non-hydrogen) atoms. The summed E-state index contributed by atoms with van der Waals surface area (Å²) in [6.07, 6.45) is 0. The molecule has 0 spiro atoms. The molecular formula is C19H23N3O2. The SMILES string of the molecule is Cc1cccc(NC(=O)NC(=O)CN[C@H](C)c2ccccc2)c1C. The Morgan fingerprint density at radius 2 is 1.71 bits per heavy atom. The average Bonchev–Trinajstić information content (AvgIpc) is 2.57. The fourth-order valence-corrected chi connectivity index (χ4v) is 2.32. The number of aryl methyl sites for hydroxylation is 1. The molecule has 0 saturated heterocycles. The van der Waals surface area contributed by atoms with Crippen molar-refractivity contribution in [3.63, 3.8) is 0 Å². The van der Waals surface area contributed by atoms with Gasteiger partial charge in [-0.1, -0.05) is 42.5 Å². The van der Waals surface area contributed by atoms with Crippen molar-refractivity contribution in [2.45, 2.75) is 26.8 Å². The van der Waals surface area contributed by atoms with Crippen LogP contribution in [-0.2, 0) is 4.79 Å². The summed E-state index contributed by atoms with van der Waals surface area (Å²) in [6.45, 7) is 5.93. The quantitative estimate of drug-likeness (QED) is 0.790. The van der Waals surface area contributed by atoms with Gasteiger partial charge >= 0.3 is 6.03 Å². The van der Waals surface area contributed by atoms with Gasteiger partial charge in [0.05, 0.1) is 6.54 Å². The zero-order valence-corrected chi connectivity index (χ0v) is 14.2. The highest BCUT2D eigenvalue weighted by Gasteiger charge is 2.11. The number of urea groups is 1. The van der Waals surface area contributed by atoms with Crippen LogP contribution in [0.1, 0.15) is 29.7 Å². The van der Waals surface area contributed by atoms with E-state index in [1.54, 1.807) is 0 Å². The van der Waals surface area contributed by atoms with E-state index in [1.807, 2.05) is 69.3 Å². The second kappa shape index (κ2) is 8.26. The van der Waals surface area contributed by atoms with Crippen molar-refractivity contribution in [1.82, 2.24) is 10.6 Å². The third kappa shape index (κ3) is 4.93. The van der Waals surface area contributed by atoms with Crippen LogP contribution in [0.15, 0.2) is 48.5 Å². The van der Waals surface area contributed by atoms with E-state index in [0.717, 1.165) is 16.7 Å². The van der Waals surface area contributed by atoms with Crippen molar-refractivity contribution >= 4 is 17.6 Å². The fraction of sp³-hybridized carbons (Fsp3) is 0.263. The number of carbonyl (C=O) groups is 2. The van der Waals surface area contributed by atoms with Gasteiger partial charge in [0.2, 0.25) is 5.91 Å². The largest absolute Gasteiger partial charge is 0.325 e. The Kier molecular flexibility index (Phi) is 6.09. The Morgan fingerprint density at radius 1 is 1.00 bits per heavy atom. The Morgan fingerprint density at radius 3 is 2.42 bits per heavy atom. The Labute approximate surface area is 142 Å². The predicted octanol–water partition coefficient (Wildman–Crippen LogP) is 3.30. The second-order valence-corrected chi connectivity index (χ2v) is 5.76. The molecule has 126 valence electrons. The first kappa shape index (κ1) is 17.7. The summed E-state index contributed by atoms with van der Waals surface area (Å²) in [5.74, 6) is -0.374. The fourth-order valence-electron chi connectivity index (χ4n) is 2.32. The number of benzene rings is 2. The number of imide groups is 1. The van der Waals surface area contributed by atoms with E-state index < -0.39 is 6.03 Å². The lowest BCUT2D eigenvalue weighted by atomic mass is 10.1. The third-order valence-electron chi connectivity index (χ3n) is 3.97. The van der Waals surface area contributed by atoms with Crippen molar-refractivity contribution in [1.29, 1.82) is 0 Å². The van der Waals surface area contributed by atoms with Crippen LogP contribution in [0.5, 0.6) is 0 Å². The van der Waals surface area contributed by atoms with Crippen LogP contribution in [0, 0.1) is 13.8 Å². The topological polar surface area (TPSA) is 70.2 Å². The maximum absolute atomic E-state index is 11.9. The van der Waals surface area contributed by atoms with Gasteiger partial charge in [0, 0.05) is 11.7 Å². The maximum atomic E-state index is 11.9. The molecule has 2 aromatic rings. The summed E-state index contributed by atoms with van der Waals surface area (Å²) >= 11 is 0. The summed E-state index contributed by atoms with van der Waals surface area (Å²) in [7, 11) is 0. The standard InChI is InChI=1S/C19H23N3O2/c1-13-8-7-11-17(14(13)2)21-19(24)22-18(23)12-20-15(3)16-9-5-4-6-10-16/h4-11,15,20H,12H2,1-3H3,(H2,21,22,23,24)/t15-/m1/s1. The van der Waals surface area contributed by atoms with Gasteiger partial charge in [0.15, 0.2) is 0 Å². The minimum Gasteiger partial charge on any atom is -0.307 e. The molecule has 3 N–H and O–H groups in total. The summed E-state index contributed by atoms with van der Waals surface area (Å²) in [5, 5.41) is 8.13. The maximum Gasteiger partial charge on any atom is 0.325 e. The van der Waals surface area contributed by atoms with Gasteiger partial charge in [0.1, 0.15) is 0 Å². The van der Waals surface area contributed by atoms with Gasteiger partial charge in [-0.05, 0) is 43.5 Å². The molecule has 0 aliphatic carbocycles. The molecule has 0 unspecified atom stereocenters. The molecule has 0 radical (unpaired) electrons. The number of nitrogens with one attached hydrogen (secondary N) is 3. The van der Waals surface area contributed by atoms with E-state index in [9.17, 15) is 9.59 Å². The molecule has 1 atom stereocenters. The van der Waals surface area contributed by atoms with Gasteiger partial charge in [-0.2, -0.15) is 0 Å². The van der Waals surface area contributed by atoms with Gasteiger partial charge in [-0.25, -0.2) is 4.79 Å². The number of amides is 3. The lowest BCUT2D eigenvalue weighted by Gasteiger charge is -2.14. The second-order valence-electron chi connectivity index (χ2n) is 5.76. The number of hydrogen-bond acceptors (Lipinski definition) is 3. The molecule has 5 nitrogen and oxygen atoms in total. The van der Waals surface area contributed by atoms with Crippen molar-refractivity contribution in [3.05, 3.63) is 65.2 Å². The molecule has 0 aromatic heterocycles. The first-order valence-electron chi connectivity index (χ1n) is 7.92. The van der Waals surface area contributed by atoms with Gasteiger partial charge in [-0.15, -0.1) is 0 Å². The zero-order chi connectivity index (χ0) is 17.5. The van der Waals surface area contributed by atoms with Gasteiger partial charge in [-0.3, -0.25) is 10.1 Å². The molecular weight excluding hydrogens is 302 g/mol. The van der Waals surface area contributed by atoms with Crippen molar-refractivity contribution in [2.24, 2.45) is 0 Å². The smallest absolute Gasteiger partial charge is 0.307 e. The Balaban J connectivity index is 1.81. The van der Waals surface area contributed by atoms with E-state index in [4.69, 9.17) is 0 Å². The molecule has 0 aliphatic rings. The van der Waals surface area contributed by atoms with E-state index in [2.05, 4.69) is 16.0 Å². The van der Waals surface area contributed by atoms with Crippen LogP contribution in [0.3, 0.4) is 0 Å². The molecule has 3 amide bonds. The number of carbonyl (C=O) groups excluding carboxylic acids is 2. The highest BCUT2D eigenvalue weighted by molar-refractivity contribution is 6.02. The lowest BCUT2D eigenvalue weighted by molar-refractivity contribution is -0.119. The van der Waals surface area contributed by atoms with E-state index >= 15 is 0 Å². The highest BCUT2D eigenvalue weighted by Crippen LogP contribution is 2.17. The predicted molar refractivity (Wildman–Crippen MR) is 95.9 cm³/mol. The number of hydrogen-bond donors (Lipinski definition) is 3. The Hall–Kier alpha value is -2.66. The molecule has 0 bridgehead atoms. The average molecular weight is 325 g/mol. The normalized spacial score (nSPS) is 11.6. The summed E-state index contributed by atoms with van der Waals surface area (Å²) in [5.41, 5.74) is 3.85. The van der Waals surface area contributed by atoms with Crippen LogP contribution in [-0.4, -0.2) is 18.5 Å². The van der Waals surface area contributed by atoms with Crippen molar-refractivity contribution in [3.8, 4) is 0 Å². The molecule has 0 aliphatic heterocycles. The van der Waals surface area contributed by atoms with Crippen LogP contribution >= 0.6 is 0 Å². The number of anilines is 1. The number of rotatable bonds is 5. The van der Waals surface area contributed by atoms with Crippen LogP contribution < -0.4 is 16.0 Å². The molecule has 5 heteroatoms. The Bertz CT molecular complexity index is 714. The van der Waals surface area contributed by atoms with E-state index in [-0.39, 0.29) is 18.5 Å². The monoisotopic (exact) mass is 325 g/mol. The van der Waals surface area contributed by atoms with Crippen molar-refractivity contribution < 1.29 is 9.59 Å². The first-order valence-corrected chi connectivity index (χ1v) is 7.92. The first-order chi connectivity index (χ1) is 11.5. The minimum absolute atomic E-state index is 0.0269. The summed E-state index contributed by atoms with van der Waals surface area (Å²) < 4.78 is 0. The molecule has 2 rings (SSSR count). The van der Waals surface area contributed by atoms with Crippen LogP contribution in [0.25, 0.3) is 0 Å². The third-order valence-corrected chi connectivity index (χ3v) is 3.97. The summed E-state index contributed by atoms with van der Waals surface area (Å²) in [6, 6.07) is 15.0. The molecule has 0 saturated carbocycles. The van der Waals surface area contributed by atoms with Gasteiger partial charge < -0.3 is 10.6 Å². The van der Waals surface area contributed by atoms with Crippen LogP contribution in [0.2, 0.25) is 0 Å².